The zero-order chi connectivity index (χ0) is 10.4. The van der Waals surface area contributed by atoms with E-state index in [-0.39, 0.29) is 0 Å². The number of nitrogens with two attached hydrogens (primary N) is 1. The van der Waals surface area contributed by atoms with E-state index in [0.717, 1.165) is 18.7 Å². The van der Waals surface area contributed by atoms with Crippen molar-refractivity contribution in [3.05, 3.63) is 35.4 Å². The molecule has 14 heavy (non-hydrogen) atoms. The molecule has 0 aliphatic rings. The van der Waals surface area contributed by atoms with E-state index in [0.29, 0.717) is 6.54 Å². The van der Waals surface area contributed by atoms with Crippen molar-refractivity contribution in [2.24, 2.45) is 10.7 Å². The normalized spacial score (nSPS) is 11.7. The van der Waals surface area contributed by atoms with E-state index in [1.54, 1.807) is 0 Å². The fourth-order valence-corrected chi connectivity index (χ4v) is 1.34. The summed E-state index contributed by atoms with van der Waals surface area (Å²) in [4.78, 5) is 4.32. The van der Waals surface area contributed by atoms with Crippen LogP contribution in [0.4, 0.5) is 0 Å². The van der Waals surface area contributed by atoms with E-state index in [2.05, 4.69) is 43.1 Å². The smallest absolute Gasteiger partial charge is 0.0941 e. The number of benzene rings is 1. The van der Waals surface area contributed by atoms with Gasteiger partial charge in [0, 0.05) is 6.42 Å². The molecule has 0 fully saturated rings. The molecule has 0 heterocycles. The summed E-state index contributed by atoms with van der Waals surface area (Å²) < 4.78 is 0. The molecule has 0 aliphatic heterocycles. The lowest BCUT2D eigenvalue weighted by molar-refractivity contribution is 0.954. The fourth-order valence-electron chi connectivity index (χ4n) is 1.34. The minimum absolute atomic E-state index is 0.702. The highest BCUT2D eigenvalue weighted by molar-refractivity contribution is 5.80. The van der Waals surface area contributed by atoms with Crippen molar-refractivity contribution in [1.29, 1.82) is 0 Å². The minimum atomic E-state index is 0.702. The van der Waals surface area contributed by atoms with Crippen LogP contribution in [0.5, 0.6) is 0 Å². The van der Waals surface area contributed by atoms with Crippen LogP contribution >= 0.6 is 0 Å². The van der Waals surface area contributed by atoms with Crippen LogP contribution in [0.25, 0.3) is 0 Å². The van der Waals surface area contributed by atoms with Crippen LogP contribution in [0.1, 0.15) is 30.9 Å². The summed E-state index contributed by atoms with van der Waals surface area (Å²) >= 11 is 0. The molecule has 0 spiro atoms. The summed E-state index contributed by atoms with van der Waals surface area (Å²) in [6, 6.07) is 8.36. The van der Waals surface area contributed by atoms with Crippen LogP contribution in [-0.4, -0.2) is 5.84 Å². The molecule has 0 saturated carbocycles. The molecule has 1 rings (SSSR count). The number of aliphatic imine (C=N–C) groups is 1. The Morgan fingerprint density at radius 3 is 2.86 bits per heavy atom. The van der Waals surface area contributed by atoms with Crippen LogP contribution in [0, 0.1) is 6.92 Å². The van der Waals surface area contributed by atoms with Gasteiger partial charge in [0.25, 0.3) is 0 Å². The maximum absolute atomic E-state index is 5.72. The maximum Gasteiger partial charge on any atom is 0.0941 e. The van der Waals surface area contributed by atoms with Gasteiger partial charge in [-0.2, -0.15) is 0 Å². The number of nitrogens with zero attached hydrogens (tertiary/aromatic N) is 1. The van der Waals surface area contributed by atoms with Crippen LogP contribution in [0.15, 0.2) is 29.3 Å². The number of rotatable bonds is 4. The zero-order valence-electron chi connectivity index (χ0n) is 8.96. The van der Waals surface area contributed by atoms with E-state index in [9.17, 15) is 0 Å². The highest BCUT2D eigenvalue weighted by atomic mass is 14.8. The molecule has 0 aromatic heterocycles. The monoisotopic (exact) mass is 190 g/mol. The Bertz CT molecular complexity index is 316. The minimum Gasteiger partial charge on any atom is -0.387 e. The summed E-state index contributed by atoms with van der Waals surface area (Å²) in [5.74, 6) is 0.758. The zero-order valence-corrected chi connectivity index (χ0v) is 8.96. The summed E-state index contributed by atoms with van der Waals surface area (Å²) in [7, 11) is 0. The summed E-state index contributed by atoms with van der Waals surface area (Å²) in [5.41, 5.74) is 8.22. The molecule has 0 atom stereocenters. The number of hydrogen-bond acceptors (Lipinski definition) is 1. The largest absolute Gasteiger partial charge is 0.387 e. The molecule has 0 radical (unpaired) electrons. The standard InChI is InChI=1S/C12H18N2/c1-3-5-12(13)14-9-11-7-4-6-10(2)8-11/h4,6-8H,3,5,9H2,1-2H3,(H2,13,14). The first-order valence-electron chi connectivity index (χ1n) is 5.06. The molecule has 0 saturated heterocycles. The first-order chi connectivity index (χ1) is 6.72. The molecule has 0 amide bonds. The molecule has 76 valence electrons. The Labute approximate surface area is 85.9 Å². The lowest BCUT2D eigenvalue weighted by atomic mass is 10.1. The van der Waals surface area contributed by atoms with E-state index in [1.807, 2.05) is 0 Å². The van der Waals surface area contributed by atoms with Crippen LogP contribution in [-0.2, 0) is 6.54 Å². The van der Waals surface area contributed by atoms with Crippen LogP contribution in [0.3, 0.4) is 0 Å². The Morgan fingerprint density at radius 2 is 2.21 bits per heavy atom. The first kappa shape index (κ1) is 10.8. The van der Waals surface area contributed by atoms with Gasteiger partial charge < -0.3 is 5.73 Å². The second-order valence-electron chi connectivity index (χ2n) is 3.55. The third-order valence-electron chi connectivity index (χ3n) is 2.05. The Hall–Kier alpha value is -1.31. The second kappa shape index (κ2) is 5.43. The Kier molecular flexibility index (Phi) is 4.17. The molecular weight excluding hydrogens is 172 g/mol. The first-order valence-corrected chi connectivity index (χ1v) is 5.06. The molecule has 2 N–H and O–H groups in total. The molecule has 1 aromatic carbocycles. The van der Waals surface area contributed by atoms with E-state index in [4.69, 9.17) is 5.73 Å². The summed E-state index contributed by atoms with van der Waals surface area (Å²) in [5, 5.41) is 0. The SMILES string of the molecule is CCCC(N)=NCc1cccc(C)c1. The van der Waals surface area contributed by atoms with Gasteiger partial charge in [0.2, 0.25) is 0 Å². The molecule has 0 aliphatic carbocycles. The average Bonchev–Trinajstić information content (AvgIpc) is 2.15. The maximum atomic E-state index is 5.72. The predicted molar refractivity (Wildman–Crippen MR) is 61.4 cm³/mol. The Morgan fingerprint density at radius 1 is 1.43 bits per heavy atom. The lowest BCUT2D eigenvalue weighted by Crippen LogP contribution is -2.11. The lowest BCUT2D eigenvalue weighted by Gasteiger charge is -2.00. The molecule has 2 nitrogen and oxygen atoms in total. The average molecular weight is 190 g/mol. The van der Waals surface area contributed by atoms with Gasteiger partial charge in [-0.3, -0.25) is 4.99 Å². The quantitative estimate of drug-likeness (QED) is 0.575. The molecule has 0 bridgehead atoms. The Balaban J connectivity index is 2.57. The second-order valence-corrected chi connectivity index (χ2v) is 3.55. The third kappa shape index (κ3) is 3.60. The van der Waals surface area contributed by atoms with Gasteiger partial charge in [-0.25, -0.2) is 0 Å². The summed E-state index contributed by atoms with van der Waals surface area (Å²) in [6.07, 6.45) is 1.95. The topological polar surface area (TPSA) is 38.4 Å². The predicted octanol–water partition coefficient (Wildman–Crippen LogP) is 2.65. The van der Waals surface area contributed by atoms with Crippen molar-refractivity contribution in [1.82, 2.24) is 0 Å². The number of hydrogen-bond donors (Lipinski definition) is 1. The molecule has 2 heteroatoms. The van der Waals surface area contributed by atoms with Crippen molar-refractivity contribution in [3.63, 3.8) is 0 Å². The highest BCUT2D eigenvalue weighted by Gasteiger charge is 1.93. The van der Waals surface area contributed by atoms with E-state index in [1.165, 1.54) is 11.1 Å². The third-order valence-corrected chi connectivity index (χ3v) is 2.05. The van der Waals surface area contributed by atoms with Crippen molar-refractivity contribution >= 4 is 5.84 Å². The van der Waals surface area contributed by atoms with Crippen LogP contribution in [0.2, 0.25) is 0 Å². The molecule has 1 aromatic rings. The van der Waals surface area contributed by atoms with Gasteiger partial charge in [0.15, 0.2) is 0 Å². The fraction of sp³-hybridized carbons (Fsp3) is 0.417. The van der Waals surface area contributed by atoms with E-state index >= 15 is 0 Å². The van der Waals surface area contributed by atoms with Crippen molar-refractivity contribution in [2.45, 2.75) is 33.2 Å². The number of amidine groups is 1. The van der Waals surface area contributed by atoms with Gasteiger partial charge in [0.05, 0.1) is 12.4 Å². The van der Waals surface area contributed by atoms with Gasteiger partial charge in [-0.15, -0.1) is 0 Å². The van der Waals surface area contributed by atoms with Crippen molar-refractivity contribution < 1.29 is 0 Å². The summed E-state index contributed by atoms with van der Waals surface area (Å²) in [6.45, 7) is 4.89. The van der Waals surface area contributed by atoms with Crippen molar-refractivity contribution in [3.8, 4) is 0 Å². The van der Waals surface area contributed by atoms with Crippen LogP contribution < -0.4 is 5.73 Å². The molecule has 0 unspecified atom stereocenters. The van der Waals surface area contributed by atoms with Gasteiger partial charge >= 0.3 is 0 Å². The van der Waals surface area contributed by atoms with Crippen molar-refractivity contribution in [2.75, 3.05) is 0 Å². The molecular formula is C12H18N2. The van der Waals surface area contributed by atoms with Gasteiger partial charge in [-0.05, 0) is 18.9 Å². The highest BCUT2D eigenvalue weighted by Crippen LogP contribution is 2.05. The van der Waals surface area contributed by atoms with E-state index < -0.39 is 0 Å². The van der Waals surface area contributed by atoms with Gasteiger partial charge in [0.1, 0.15) is 0 Å². The number of aryl methyl sites for hydroxylation is 1. The van der Waals surface area contributed by atoms with Gasteiger partial charge in [-0.1, -0.05) is 36.8 Å².